The molecule has 0 unspecified atom stereocenters. The van der Waals surface area contributed by atoms with Gasteiger partial charge in [-0.3, -0.25) is 0 Å². The van der Waals surface area contributed by atoms with Gasteiger partial charge in [-0.1, -0.05) is 29.9 Å². The number of hydrogen-bond donors (Lipinski definition) is 2. The Hall–Kier alpha value is -2.31. The highest BCUT2D eigenvalue weighted by Crippen LogP contribution is 2.37. The van der Waals surface area contributed by atoms with E-state index in [0.29, 0.717) is 11.6 Å². The van der Waals surface area contributed by atoms with Crippen LogP contribution in [0.25, 0.3) is 20.3 Å². The van der Waals surface area contributed by atoms with Gasteiger partial charge in [-0.15, -0.1) is 11.3 Å². The topological polar surface area (TPSA) is 54.1 Å². The first-order valence-corrected chi connectivity index (χ1v) is 10.7. The second kappa shape index (κ2) is 7.37. The molecular formula is C21H22N2O2S2. The zero-order valence-corrected chi connectivity index (χ0v) is 17.3. The van der Waals surface area contributed by atoms with Crippen LogP contribution in [0.4, 0.5) is 4.79 Å². The molecule has 1 amide bonds. The Balaban J connectivity index is 1.37. The predicted molar refractivity (Wildman–Crippen MR) is 115 cm³/mol. The van der Waals surface area contributed by atoms with E-state index in [1.807, 2.05) is 6.07 Å². The molecule has 4 aromatic rings. The molecule has 1 aromatic carbocycles. The van der Waals surface area contributed by atoms with Crippen LogP contribution in [0.15, 0.2) is 30.3 Å². The maximum absolute atomic E-state index is 12.1. The van der Waals surface area contributed by atoms with Crippen LogP contribution in [0.5, 0.6) is 5.06 Å². The number of H-pyrrole nitrogens is 1. The molecular weight excluding hydrogens is 376 g/mol. The van der Waals surface area contributed by atoms with Crippen LogP contribution in [0.1, 0.15) is 28.6 Å². The van der Waals surface area contributed by atoms with Crippen molar-refractivity contribution in [2.24, 2.45) is 0 Å². The standard InChI is InChI=1S/C21H22N2O2S2/c1-4-15-10-14-11-19(27-20(14)26-15)25-21(24)22-8-7-16-13(3)23-18-6-5-12(2)9-17(16)18/h5-6,9-11,23H,4,7-8H2,1-3H3,(H,22,24). The third kappa shape index (κ3) is 3.73. The van der Waals surface area contributed by atoms with Gasteiger partial charge in [-0.05, 0) is 50.5 Å². The minimum Gasteiger partial charge on any atom is -0.399 e. The SMILES string of the molecule is CCc1cc2cc(OC(=O)NCCc3c(C)[nH]c4ccc(C)cc34)sc2s1. The largest absolute Gasteiger partial charge is 0.413 e. The summed E-state index contributed by atoms with van der Waals surface area (Å²) in [5, 5.41) is 5.91. The van der Waals surface area contributed by atoms with E-state index in [1.165, 1.54) is 36.7 Å². The smallest absolute Gasteiger partial charge is 0.399 e. The predicted octanol–water partition coefficient (Wildman–Crippen LogP) is 5.95. The van der Waals surface area contributed by atoms with Crippen molar-refractivity contribution in [3.63, 3.8) is 0 Å². The number of benzene rings is 1. The van der Waals surface area contributed by atoms with Gasteiger partial charge >= 0.3 is 6.09 Å². The van der Waals surface area contributed by atoms with E-state index in [2.05, 4.69) is 55.3 Å². The molecule has 3 heterocycles. The number of rotatable bonds is 5. The van der Waals surface area contributed by atoms with Gasteiger partial charge in [0.15, 0.2) is 5.06 Å². The molecule has 0 saturated carbocycles. The Kier molecular flexibility index (Phi) is 4.93. The summed E-state index contributed by atoms with van der Waals surface area (Å²) >= 11 is 3.30. The number of amides is 1. The number of fused-ring (bicyclic) bond motifs is 2. The summed E-state index contributed by atoms with van der Waals surface area (Å²) in [5.41, 5.74) is 4.77. The number of hydrogen-bond acceptors (Lipinski definition) is 4. The Bertz CT molecular complexity index is 1090. The fourth-order valence-corrected chi connectivity index (χ4v) is 5.59. The number of carbonyl (C=O) groups excluding carboxylic acids is 1. The van der Waals surface area contributed by atoms with Crippen molar-refractivity contribution in [2.45, 2.75) is 33.6 Å². The summed E-state index contributed by atoms with van der Waals surface area (Å²) in [7, 11) is 0. The van der Waals surface area contributed by atoms with Gasteiger partial charge in [0.1, 0.15) is 0 Å². The molecule has 0 aliphatic rings. The van der Waals surface area contributed by atoms with E-state index in [9.17, 15) is 4.79 Å². The van der Waals surface area contributed by atoms with Crippen molar-refractivity contribution in [3.05, 3.63) is 52.0 Å². The minimum absolute atomic E-state index is 0.395. The molecule has 0 fully saturated rings. The van der Waals surface area contributed by atoms with E-state index < -0.39 is 6.09 Å². The van der Waals surface area contributed by atoms with Crippen molar-refractivity contribution < 1.29 is 9.53 Å². The zero-order chi connectivity index (χ0) is 19.0. The Morgan fingerprint density at radius 1 is 1.19 bits per heavy atom. The Morgan fingerprint density at radius 2 is 2.04 bits per heavy atom. The first-order chi connectivity index (χ1) is 13.0. The van der Waals surface area contributed by atoms with Gasteiger partial charge in [0.05, 0.1) is 4.01 Å². The molecule has 0 radical (unpaired) electrons. The first kappa shape index (κ1) is 18.1. The number of aromatic amines is 1. The van der Waals surface area contributed by atoms with Crippen LogP contribution in [0.3, 0.4) is 0 Å². The normalized spacial score (nSPS) is 11.4. The number of nitrogens with one attached hydrogen (secondary N) is 2. The molecule has 0 spiro atoms. The van der Waals surface area contributed by atoms with Crippen LogP contribution < -0.4 is 10.1 Å². The number of aryl methyl sites for hydroxylation is 3. The van der Waals surface area contributed by atoms with E-state index in [0.717, 1.165) is 29.4 Å². The van der Waals surface area contributed by atoms with Gasteiger partial charge in [-0.2, -0.15) is 0 Å². The van der Waals surface area contributed by atoms with Crippen molar-refractivity contribution in [3.8, 4) is 5.06 Å². The molecule has 2 N–H and O–H groups in total. The van der Waals surface area contributed by atoms with E-state index in [-0.39, 0.29) is 0 Å². The first-order valence-electron chi connectivity index (χ1n) is 9.09. The molecule has 3 aromatic heterocycles. The molecule has 140 valence electrons. The average molecular weight is 399 g/mol. The van der Waals surface area contributed by atoms with Crippen molar-refractivity contribution in [1.82, 2.24) is 10.3 Å². The van der Waals surface area contributed by atoms with Crippen molar-refractivity contribution in [1.29, 1.82) is 0 Å². The van der Waals surface area contributed by atoms with Crippen LogP contribution >= 0.6 is 22.7 Å². The van der Waals surface area contributed by atoms with E-state index >= 15 is 0 Å². The summed E-state index contributed by atoms with van der Waals surface area (Å²) in [6, 6.07) is 10.5. The molecule has 0 saturated heterocycles. The molecule has 0 bridgehead atoms. The lowest BCUT2D eigenvalue weighted by Gasteiger charge is -2.06. The molecule has 4 nitrogen and oxygen atoms in total. The summed E-state index contributed by atoms with van der Waals surface area (Å²) in [6.07, 6.45) is 1.41. The second-order valence-electron chi connectivity index (χ2n) is 6.72. The summed E-state index contributed by atoms with van der Waals surface area (Å²) in [5.74, 6) is 0. The molecule has 27 heavy (non-hydrogen) atoms. The van der Waals surface area contributed by atoms with Gasteiger partial charge in [0, 0.05) is 39.5 Å². The second-order valence-corrected chi connectivity index (χ2v) is 9.13. The van der Waals surface area contributed by atoms with Crippen LogP contribution in [-0.4, -0.2) is 17.6 Å². The van der Waals surface area contributed by atoms with Crippen LogP contribution in [0.2, 0.25) is 0 Å². The van der Waals surface area contributed by atoms with Gasteiger partial charge in [0.25, 0.3) is 0 Å². The highest BCUT2D eigenvalue weighted by Gasteiger charge is 2.12. The monoisotopic (exact) mass is 398 g/mol. The third-order valence-corrected chi connectivity index (χ3v) is 7.12. The van der Waals surface area contributed by atoms with Crippen molar-refractivity contribution >= 4 is 49.1 Å². The van der Waals surface area contributed by atoms with Gasteiger partial charge in [-0.25, -0.2) is 4.79 Å². The van der Waals surface area contributed by atoms with Crippen LogP contribution in [-0.2, 0) is 12.8 Å². The Labute approximate surface area is 166 Å². The van der Waals surface area contributed by atoms with Gasteiger partial charge in [0.2, 0.25) is 0 Å². The molecule has 0 aliphatic heterocycles. The summed E-state index contributed by atoms with van der Waals surface area (Å²) in [4.78, 5) is 16.9. The molecule has 0 atom stereocenters. The molecule has 0 aliphatic carbocycles. The minimum atomic E-state index is -0.395. The maximum Gasteiger partial charge on any atom is 0.413 e. The number of aromatic nitrogens is 1. The lowest BCUT2D eigenvalue weighted by Crippen LogP contribution is -2.28. The maximum atomic E-state index is 12.1. The highest BCUT2D eigenvalue weighted by atomic mass is 32.2. The zero-order valence-electron chi connectivity index (χ0n) is 15.6. The molecule has 4 rings (SSSR count). The summed E-state index contributed by atoms with van der Waals surface area (Å²) in [6.45, 7) is 6.86. The lowest BCUT2D eigenvalue weighted by atomic mass is 10.1. The van der Waals surface area contributed by atoms with Crippen LogP contribution in [0, 0.1) is 13.8 Å². The average Bonchev–Trinajstić information content (AvgIpc) is 3.26. The number of ether oxygens (including phenoxy) is 1. The third-order valence-electron chi connectivity index (χ3n) is 4.70. The summed E-state index contributed by atoms with van der Waals surface area (Å²) < 4.78 is 6.66. The number of thiophene rings is 2. The van der Waals surface area contributed by atoms with Crippen molar-refractivity contribution in [2.75, 3.05) is 6.54 Å². The molecule has 6 heteroatoms. The quantitative estimate of drug-likeness (QED) is 0.436. The lowest BCUT2D eigenvalue weighted by molar-refractivity contribution is 0.202. The fourth-order valence-electron chi connectivity index (χ4n) is 3.33. The van der Waals surface area contributed by atoms with E-state index in [4.69, 9.17) is 4.74 Å². The fraction of sp³-hybridized carbons (Fsp3) is 0.286. The van der Waals surface area contributed by atoms with Gasteiger partial charge < -0.3 is 15.0 Å². The van der Waals surface area contributed by atoms with E-state index in [1.54, 1.807) is 11.3 Å². The Morgan fingerprint density at radius 3 is 2.81 bits per heavy atom. The number of carbonyl (C=O) groups is 1. The highest BCUT2D eigenvalue weighted by molar-refractivity contribution is 7.39.